The van der Waals surface area contributed by atoms with Crippen molar-refractivity contribution in [3.63, 3.8) is 0 Å². The maximum Gasteiger partial charge on any atom is 0.338 e. The topological polar surface area (TPSA) is 54.5 Å². The van der Waals surface area contributed by atoms with Crippen LogP contribution in [-0.2, 0) is 4.74 Å². The number of carbonyl (C=O) groups excluding carboxylic acids is 1. The Kier molecular flexibility index (Phi) is 4.74. The molecule has 0 aliphatic carbocycles. The number of carbonyl (C=O) groups is 1. The lowest BCUT2D eigenvalue weighted by atomic mass is 10.0. The third-order valence-electron chi connectivity index (χ3n) is 3.55. The number of rotatable bonds is 4. The van der Waals surface area contributed by atoms with Crippen LogP contribution < -0.4 is 10.2 Å². The molecule has 5 nitrogen and oxygen atoms in total. The van der Waals surface area contributed by atoms with Crippen LogP contribution in [0.15, 0.2) is 18.3 Å². The standard InChI is InChI=1S/C14H21N3O2/c1-3-17(12-5-7-15-8-6-12)13-10-11(4-9-16-13)14(18)19-2/h4,9-10,12,15H,3,5-8H2,1-2H3. The van der Waals surface area contributed by atoms with Crippen molar-refractivity contribution in [2.24, 2.45) is 0 Å². The Hall–Kier alpha value is -1.62. The summed E-state index contributed by atoms with van der Waals surface area (Å²) in [7, 11) is 1.40. The van der Waals surface area contributed by atoms with E-state index < -0.39 is 0 Å². The minimum atomic E-state index is -0.315. The summed E-state index contributed by atoms with van der Waals surface area (Å²) in [6.07, 6.45) is 3.89. The summed E-state index contributed by atoms with van der Waals surface area (Å²) >= 11 is 0. The highest BCUT2D eigenvalue weighted by Gasteiger charge is 2.21. The van der Waals surface area contributed by atoms with Crippen molar-refractivity contribution >= 4 is 11.8 Å². The second-order valence-electron chi connectivity index (χ2n) is 4.66. The van der Waals surface area contributed by atoms with Crippen LogP contribution in [0.25, 0.3) is 0 Å². The number of nitrogens with one attached hydrogen (secondary N) is 1. The number of pyridine rings is 1. The molecule has 0 amide bonds. The summed E-state index contributed by atoms with van der Waals surface area (Å²) < 4.78 is 4.75. The highest BCUT2D eigenvalue weighted by atomic mass is 16.5. The van der Waals surface area contributed by atoms with Crippen molar-refractivity contribution in [3.05, 3.63) is 23.9 Å². The smallest absolute Gasteiger partial charge is 0.338 e. The van der Waals surface area contributed by atoms with Crippen molar-refractivity contribution in [1.82, 2.24) is 10.3 Å². The van der Waals surface area contributed by atoms with Crippen molar-refractivity contribution in [2.75, 3.05) is 31.6 Å². The molecule has 0 bridgehead atoms. The Labute approximate surface area is 114 Å². The molecule has 0 aromatic carbocycles. The van der Waals surface area contributed by atoms with Gasteiger partial charge in [0, 0.05) is 18.8 Å². The van der Waals surface area contributed by atoms with E-state index in [1.165, 1.54) is 7.11 Å². The molecule has 1 N–H and O–H groups in total. The maximum absolute atomic E-state index is 11.6. The van der Waals surface area contributed by atoms with Crippen LogP contribution in [0.5, 0.6) is 0 Å². The second kappa shape index (κ2) is 6.52. The molecule has 5 heteroatoms. The Morgan fingerprint density at radius 2 is 2.26 bits per heavy atom. The molecule has 0 spiro atoms. The lowest BCUT2D eigenvalue weighted by Gasteiger charge is -2.34. The molecular formula is C14H21N3O2. The van der Waals surface area contributed by atoms with Gasteiger partial charge in [0.15, 0.2) is 0 Å². The number of anilines is 1. The number of nitrogens with zero attached hydrogens (tertiary/aromatic N) is 2. The number of ether oxygens (including phenoxy) is 1. The summed E-state index contributed by atoms with van der Waals surface area (Å²) in [5.41, 5.74) is 0.555. The van der Waals surface area contributed by atoms with E-state index in [4.69, 9.17) is 4.74 Å². The molecule has 19 heavy (non-hydrogen) atoms. The first-order valence-electron chi connectivity index (χ1n) is 6.78. The fourth-order valence-electron chi connectivity index (χ4n) is 2.55. The highest BCUT2D eigenvalue weighted by molar-refractivity contribution is 5.90. The monoisotopic (exact) mass is 263 g/mol. The molecule has 1 aromatic heterocycles. The molecule has 0 radical (unpaired) electrons. The molecule has 104 valence electrons. The number of esters is 1. The van der Waals surface area contributed by atoms with E-state index >= 15 is 0 Å². The molecule has 2 heterocycles. The van der Waals surface area contributed by atoms with Crippen molar-refractivity contribution in [2.45, 2.75) is 25.8 Å². The van der Waals surface area contributed by atoms with Crippen LogP contribution in [-0.4, -0.2) is 43.7 Å². The van der Waals surface area contributed by atoms with Gasteiger partial charge in [0.1, 0.15) is 5.82 Å². The number of piperidine rings is 1. The van der Waals surface area contributed by atoms with Crippen LogP contribution in [0.3, 0.4) is 0 Å². The van der Waals surface area contributed by atoms with E-state index in [2.05, 4.69) is 22.1 Å². The third kappa shape index (κ3) is 3.23. The van der Waals surface area contributed by atoms with Gasteiger partial charge in [-0.05, 0) is 45.0 Å². The average molecular weight is 263 g/mol. The predicted molar refractivity (Wildman–Crippen MR) is 74.5 cm³/mol. The Morgan fingerprint density at radius 1 is 1.53 bits per heavy atom. The van der Waals surface area contributed by atoms with Gasteiger partial charge >= 0.3 is 5.97 Å². The van der Waals surface area contributed by atoms with Crippen LogP contribution >= 0.6 is 0 Å². The quantitative estimate of drug-likeness (QED) is 0.833. The molecule has 1 aromatic rings. The zero-order valence-electron chi connectivity index (χ0n) is 11.6. The molecular weight excluding hydrogens is 242 g/mol. The lowest BCUT2D eigenvalue weighted by molar-refractivity contribution is 0.0600. The van der Waals surface area contributed by atoms with Crippen molar-refractivity contribution < 1.29 is 9.53 Å². The first-order valence-corrected chi connectivity index (χ1v) is 6.78. The van der Waals surface area contributed by atoms with Crippen molar-refractivity contribution in [1.29, 1.82) is 0 Å². The van der Waals surface area contributed by atoms with Gasteiger partial charge in [-0.15, -0.1) is 0 Å². The van der Waals surface area contributed by atoms with Crippen LogP contribution in [0.2, 0.25) is 0 Å². The van der Waals surface area contributed by atoms with Gasteiger partial charge < -0.3 is 15.0 Å². The van der Waals surface area contributed by atoms with Gasteiger partial charge in [-0.2, -0.15) is 0 Å². The SMILES string of the molecule is CCN(c1cc(C(=O)OC)ccn1)C1CCNCC1. The molecule has 2 rings (SSSR count). The van der Waals surface area contributed by atoms with Gasteiger partial charge in [-0.1, -0.05) is 0 Å². The number of aromatic nitrogens is 1. The Morgan fingerprint density at radius 3 is 2.89 bits per heavy atom. The second-order valence-corrected chi connectivity index (χ2v) is 4.66. The van der Waals surface area contributed by atoms with Crippen molar-refractivity contribution in [3.8, 4) is 0 Å². The minimum Gasteiger partial charge on any atom is -0.465 e. The molecule has 0 saturated carbocycles. The summed E-state index contributed by atoms with van der Waals surface area (Å²) in [6, 6.07) is 4.00. The van der Waals surface area contributed by atoms with Gasteiger partial charge in [-0.3, -0.25) is 0 Å². The number of hydrogen-bond acceptors (Lipinski definition) is 5. The Balaban J connectivity index is 2.19. The molecule has 1 aliphatic heterocycles. The highest BCUT2D eigenvalue weighted by Crippen LogP contribution is 2.20. The van der Waals surface area contributed by atoms with Gasteiger partial charge in [0.25, 0.3) is 0 Å². The number of hydrogen-bond donors (Lipinski definition) is 1. The summed E-state index contributed by atoms with van der Waals surface area (Å²) in [5.74, 6) is 0.544. The van der Waals surface area contributed by atoms with Crippen LogP contribution in [0, 0.1) is 0 Å². The average Bonchev–Trinajstić information content (AvgIpc) is 2.48. The first kappa shape index (κ1) is 13.8. The number of methoxy groups -OCH3 is 1. The minimum absolute atomic E-state index is 0.315. The third-order valence-corrected chi connectivity index (χ3v) is 3.55. The van der Waals surface area contributed by atoms with E-state index in [1.807, 2.05) is 6.07 Å². The largest absolute Gasteiger partial charge is 0.465 e. The van der Waals surface area contributed by atoms with Crippen LogP contribution in [0.1, 0.15) is 30.1 Å². The molecule has 0 unspecified atom stereocenters. The van der Waals surface area contributed by atoms with Gasteiger partial charge in [0.05, 0.1) is 12.7 Å². The van der Waals surface area contributed by atoms with Crippen LogP contribution in [0.4, 0.5) is 5.82 Å². The van der Waals surface area contributed by atoms with Gasteiger partial charge in [0.2, 0.25) is 0 Å². The summed E-state index contributed by atoms with van der Waals surface area (Å²) in [6.45, 7) is 5.09. The predicted octanol–water partition coefficient (Wildman–Crippen LogP) is 1.45. The normalized spacial score (nSPS) is 16.1. The summed E-state index contributed by atoms with van der Waals surface area (Å²) in [4.78, 5) is 18.2. The maximum atomic E-state index is 11.6. The van der Waals surface area contributed by atoms with E-state index in [9.17, 15) is 4.79 Å². The lowest BCUT2D eigenvalue weighted by Crippen LogP contribution is -2.43. The van der Waals surface area contributed by atoms with E-state index in [1.54, 1.807) is 12.3 Å². The Bertz CT molecular complexity index is 430. The molecule has 1 saturated heterocycles. The summed E-state index contributed by atoms with van der Waals surface area (Å²) in [5, 5.41) is 3.36. The fraction of sp³-hybridized carbons (Fsp3) is 0.571. The fourth-order valence-corrected chi connectivity index (χ4v) is 2.55. The van der Waals surface area contributed by atoms with Gasteiger partial charge in [-0.25, -0.2) is 9.78 Å². The molecule has 1 fully saturated rings. The van der Waals surface area contributed by atoms with E-state index in [-0.39, 0.29) is 5.97 Å². The molecule has 1 aliphatic rings. The zero-order chi connectivity index (χ0) is 13.7. The zero-order valence-corrected chi connectivity index (χ0v) is 11.6. The first-order chi connectivity index (χ1) is 9.26. The molecule has 0 atom stereocenters. The van der Waals surface area contributed by atoms with E-state index in [0.717, 1.165) is 38.3 Å². The van der Waals surface area contributed by atoms with E-state index in [0.29, 0.717) is 11.6 Å².